The molecule has 2 heterocycles. The third-order valence-electron chi connectivity index (χ3n) is 3.59. The number of carbonyl (C=O) groups is 1. The van der Waals surface area contributed by atoms with Crippen LogP contribution < -0.4 is 4.90 Å². The first-order chi connectivity index (χ1) is 9.78. The summed E-state index contributed by atoms with van der Waals surface area (Å²) in [5, 5.41) is 9.04. The second-order valence-corrected chi connectivity index (χ2v) is 4.90. The second kappa shape index (κ2) is 5.64. The molecule has 0 radical (unpaired) electrons. The van der Waals surface area contributed by atoms with Crippen molar-refractivity contribution in [3.8, 4) is 0 Å². The average Bonchev–Trinajstić information content (AvgIpc) is 2.89. The van der Waals surface area contributed by atoms with Gasteiger partial charge in [0.1, 0.15) is 6.10 Å². The highest BCUT2D eigenvalue weighted by Crippen LogP contribution is 2.26. The van der Waals surface area contributed by atoms with E-state index in [0.717, 1.165) is 24.3 Å². The van der Waals surface area contributed by atoms with Crippen molar-refractivity contribution in [3.63, 3.8) is 0 Å². The zero-order valence-electron chi connectivity index (χ0n) is 11.1. The smallest absolute Gasteiger partial charge is 0.414 e. The number of cyclic esters (lactones) is 1. The highest BCUT2D eigenvalue weighted by Gasteiger charge is 2.31. The Kier molecular flexibility index (Phi) is 3.71. The topological polar surface area (TPSA) is 59.0 Å². The fourth-order valence-electron chi connectivity index (χ4n) is 2.47. The van der Waals surface area contributed by atoms with Crippen LogP contribution in [-0.4, -0.2) is 43.7 Å². The van der Waals surface area contributed by atoms with E-state index in [-0.39, 0.29) is 6.61 Å². The van der Waals surface area contributed by atoms with Gasteiger partial charge in [-0.1, -0.05) is 18.2 Å². The van der Waals surface area contributed by atoms with Gasteiger partial charge in [-0.05, 0) is 29.7 Å². The Morgan fingerprint density at radius 1 is 1.30 bits per heavy atom. The molecule has 1 unspecified atom stereocenters. The molecule has 0 aliphatic carbocycles. The second-order valence-electron chi connectivity index (χ2n) is 4.90. The molecule has 20 heavy (non-hydrogen) atoms. The number of carbonyl (C=O) groups excluding carboxylic acids is 1. The molecular formula is C15H17NO4. The fourth-order valence-corrected chi connectivity index (χ4v) is 2.47. The van der Waals surface area contributed by atoms with E-state index in [4.69, 9.17) is 14.6 Å². The standard InChI is InChI=1S/C15H17NO4/c17-10-14-9-16(15(18)20-14)13-3-1-11(2-4-13)12-5-7-19-8-6-12/h1-5,14,17H,6-10H2. The first-order valence-electron chi connectivity index (χ1n) is 6.74. The highest BCUT2D eigenvalue weighted by atomic mass is 16.6. The van der Waals surface area contributed by atoms with Crippen molar-refractivity contribution < 1.29 is 19.4 Å². The molecular weight excluding hydrogens is 258 g/mol. The summed E-state index contributed by atoms with van der Waals surface area (Å²) in [7, 11) is 0. The van der Waals surface area contributed by atoms with Gasteiger partial charge in [-0.25, -0.2) is 4.79 Å². The minimum absolute atomic E-state index is 0.146. The fraction of sp³-hybridized carbons (Fsp3) is 0.400. The van der Waals surface area contributed by atoms with Crippen LogP contribution in [0.15, 0.2) is 30.3 Å². The number of rotatable bonds is 3. The van der Waals surface area contributed by atoms with Gasteiger partial charge in [-0.15, -0.1) is 0 Å². The molecule has 2 aliphatic heterocycles. The number of hydrogen-bond donors (Lipinski definition) is 1. The summed E-state index contributed by atoms with van der Waals surface area (Å²) < 4.78 is 10.3. The predicted octanol–water partition coefficient (Wildman–Crippen LogP) is 1.81. The summed E-state index contributed by atoms with van der Waals surface area (Å²) in [5.74, 6) is 0. The number of nitrogens with zero attached hydrogens (tertiary/aromatic N) is 1. The van der Waals surface area contributed by atoms with Gasteiger partial charge < -0.3 is 14.6 Å². The number of aliphatic hydroxyl groups is 1. The van der Waals surface area contributed by atoms with Gasteiger partial charge in [-0.3, -0.25) is 4.90 Å². The van der Waals surface area contributed by atoms with Crippen molar-refractivity contribution in [2.75, 3.05) is 31.3 Å². The number of ether oxygens (including phenoxy) is 2. The van der Waals surface area contributed by atoms with Crippen molar-refractivity contribution in [2.45, 2.75) is 12.5 Å². The molecule has 1 saturated heterocycles. The maximum absolute atomic E-state index is 11.7. The molecule has 1 amide bonds. The van der Waals surface area contributed by atoms with Crippen molar-refractivity contribution in [1.29, 1.82) is 0 Å². The molecule has 1 aromatic rings. The monoisotopic (exact) mass is 275 g/mol. The predicted molar refractivity (Wildman–Crippen MR) is 74.6 cm³/mol. The lowest BCUT2D eigenvalue weighted by Crippen LogP contribution is -2.25. The van der Waals surface area contributed by atoms with E-state index in [1.807, 2.05) is 24.3 Å². The Labute approximate surface area is 117 Å². The molecule has 1 aromatic carbocycles. The molecule has 3 rings (SSSR count). The van der Waals surface area contributed by atoms with Crippen LogP contribution in [0.3, 0.4) is 0 Å². The summed E-state index contributed by atoms with van der Waals surface area (Å²) in [5.41, 5.74) is 3.23. The molecule has 106 valence electrons. The highest BCUT2D eigenvalue weighted by molar-refractivity contribution is 5.90. The van der Waals surface area contributed by atoms with Gasteiger partial charge in [0.05, 0.1) is 26.4 Å². The number of anilines is 1. The van der Waals surface area contributed by atoms with Gasteiger partial charge in [0.25, 0.3) is 0 Å². The van der Waals surface area contributed by atoms with Crippen molar-refractivity contribution in [1.82, 2.24) is 0 Å². The van der Waals surface area contributed by atoms with Gasteiger partial charge in [0.2, 0.25) is 0 Å². The van der Waals surface area contributed by atoms with E-state index >= 15 is 0 Å². The van der Waals surface area contributed by atoms with E-state index in [2.05, 4.69) is 6.08 Å². The van der Waals surface area contributed by atoms with E-state index in [1.165, 1.54) is 5.57 Å². The third kappa shape index (κ3) is 2.55. The van der Waals surface area contributed by atoms with E-state index in [9.17, 15) is 4.79 Å². The summed E-state index contributed by atoms with van der Waals surface area (Å²) in [6, 6.07) is 7.83. The maximum Gasteiger partial charge on any atom is 0.414 e. The molecule has 1 fully saturated rings. The third-order valence-corrected chi connectivity index (χ3v) is 3.59. The number of amides is 1. The Balaban J connectivity index is 1.76. The molecule has 0 aromatic heterocycles. The van der Waals surface area contributed by atoms with Crippen molar-refractivity contribution in [2.24, 2.45) is 0 Å². The van der Waals surface area contributed by atoms with Crippen molar-refractivity contribution >= 4 is 17.4 Å². The molecule has 0 saturated carbocycles. The van der Waals surface area contributed by atoms with E-state index in [0.29, 0.717) is 13.2 Å². The molecule has 0 bridgehead atoms. The quantitative estimate of drug-likeness (QED) is 0.914. The Morgan fingerprint density at radius 2 is 2.10 bits per heavy atom. The Bertz CT molecular complexity index is 523. The Morgan fingerprint density at radius 3 is 2.70 bits per heavy atom. The van der Waals surface area contributed by atoms with Gasteiger partial charge in [-0.2, -0.15) is 0 Å². The number of benzene rings is 1. The van der Waals surface area contributed by atoms with Gasteiger partial charge >= 0.3 is 6.09 Å². The van der Waals surface area contributed by atoms with E-state index in [1.54, 1.807) is 4.90 Å². The SMILES string of the molecule is O=C1OC(CO)CN1c1ccc(C2=CCOCC2)cc1. The molecule has 2 aliphatic rings. The zero-order valence-corrected chi connectivity index (χ0v) is 11.1. The molecule has 5 nitrogen and oxygen atoms in total. The molecule has 1 N–H and O–H groups in total. The lowest BCUT2D eigenvalue weighted by atomic mass is 10.0. The summed E-state index contributed by atoms with van der Waals surface area (Å²) in [6.07, 6.45) is 2.17. The van der Waals surface area contributed by atoms with Gasteiger partial charge in [0, 0.05) is 5.69 Å². The van der Waals surface area contributed by atoms with Crippen LogP contribution in [0.4, 0.5) is 10.5 Å². The van der Waals surface area contributed by atoms with Gasteiger partial charge in [0.15, 0.2) is 0 Å². The van der Waals surface area contributed by atoms with Crippen LogP contribution in [-0.2, 0) is 9.47 Å². The largest absolute Gasteiger partial charge is 0.441 e. The molecule has 0 spiro atoms. The van der Waals surface area contributed by atoms with Crippen LogP contribution in [0.2, 0.25) is 0 Å². The van der Waals surface area contributed by atoms with Crippen LogP contribution in [0, 0.1) is 0 Å². The normalized spacial score (nSPS) is 22.6. The van der Waals surface area contributed by atoms with Crippen LogP contribution in [0.5, 0.6) is 0 Å². The maximum atomic E-state index is 11.7. The Hall–Kier alpha value is -1.85. The first kappa shape index (κ1) is 13.1. The van der Waals surface area contributed by atoms with E-state index < -0.39 is 12.2 Å². The van der Waals surface area contributed by atoms with Crippen LogP contribution >= 0.6 is 0 Å². The molecule has 5 heteroatoms. The number of hydrogen-bond acceptors (Lipinski definition) is 4. The summed E-state index contributed by atoms with van der Waals surface area (Å²) in [4.78, 5) is 13.2. The van der Waals surface area contributed by atoms with Crippen molar-refractivity contribution in [3.05, 3.63) is 35.9 Å². The first-order valence-corrected chi connectivity index (χ1v) is 6.74. The lowest BCUT2D eigenvalue weighted by molar-refractivity contribution is 0.0963. The number of aliphatic hydroxyl groups excluding tert-OH is 1. The lowest BCUT2D eigenvalue weighted by Gasteiger charge is -2.16. The van der Waals surface area contributed by atoms with Crippen LogP contribution in [0.1, 0.15) is 12.0 Å². The van der Waals surface area contributed by atoms with Crippen LogP contribution in [0.25, 0.3) is 5.57 Å². The summed E-state index contributed by atoms with van der Waals surface area (Å²) in [6.45, 7) is 1.66. The zero-order chi connectivity index (χ0) is 13.9. The average molecular weight is 275 g/mol. The minimum atomic E-state index is -0.430. The molecule has 1 atom stereocenters. The summed E-state index contributed by atoms with van der Waals surface area (Å²) >= 11 is 0. The minimum Gasteiger partial charge on any atom is -0.441 e.